The molecule has 1 aliphatic rings. The SMILES string of the molecule is COc1cc(-c2ccccc2C(=O)Nc2ccccc2C2=CCC(CC(=O)O)S2)cc(OC)c1OC. The van der Waals surface area contributed by atoms with Crippen molar-refractivity contribution >= 4 is 34.2 Å². The summed E-state index contributed by atoms with van der Waals surface area (Å²) >= 11 is 1.53. The fourth-order valence-corrected chi connectivity index (χ4v) is 5.45. The molecule has 2 N–H and O–H groups in total. The molecule has 0 aliphatic carbocycles. The maximum atomic E-state index is 13.5. The van der Waals surface area contributed by atoms with Crippen LogP contribution in [0, 0.1) is 0 Å². The van der Waals surface area contributed by atoms with Gasteiger partial charge in [0.05, 0.1) is 27.8 Å². The first kappa shape index (κ1) is 25.2. The monoisotopic (exact) mass is 505 g/mol. The molecule has 1 unspecified atom stereocenters. The summed E-state index contributed by atoms with van der Waals surface area (Å²) in [6.07, 6.45) is 2.81. The molecule has 0 bridgehead atoms. The largest absolute Gasteiger partial charge is 0.493 e. The first-order chi connectivity index (χ1) is 17.4. The third kappa shape index (κ3) is 5.33. The maximum Gasteiger partial charge on any atom is 0.304 e. The number of anilines is 1. The predicted molar refractivity (Wildman–Crippen MR) is 142 cm³/mol. The zero-order valence-corrected chi connectivity index (χ0v) is 21.1. The molecule has 1 heterocycles. The number of amides is 1. The molecule has 0 aromatic heterocycles. The van der Waals surface area contributed by atoms with Crippen molar-refractivity contribution in [1.29, 1.82) is 0 Å². The highest BCUT2D eigenvalue weighted by Gasteiger charge is 2.24. The van der Waals surface area contributed by atoms with Crippen molar-refractivity contribution < 1.29 is 28.9 Å². The van der Waals surface area contributed by atoms with E-state index in [9.17, 15) is 9.59 Å². The number of carbonyl (C=O) groups is 2. The standard InChI is InChI=1S/C28H27NO6S/c1-33-23-14-17(15-24(34-2)27(23)35-3)19-8-4-5-9-20(19)28(32)29-22-11-7-6-10-21(22)25-13-12-18(36-25)16-26(30)31/h4-11,13-15,18H,12,16H2,1-3H3,(H,29,32)(H,30,31). The van der Waals surface area contributed by atoms with E-state index in [1.54, 1.807) is 27.4 Å². The van der Waals surface area contributed by atoms with Gasteiger partial charge in [-0.05, 0) is 41.8 Å². The lowest BCUT2D eigenvalue weighted by Crippen LogP contribution is -2.14. The summed E-state index contributed by atoms with van der Waals surface area (Å²) in [5, 5.41) is 12.2. The Kier molecular flexibility index (Phi) is 7.85. The zero-order valence-electron chi connectivity index (χ0n) is 20.2. The molecule has 1 atom stereocenters. The van der Waals surface area contributed by atoms with E-state index in [2.05, 4.69) is 5.32 Å². The van der Waals surface area contributed by atoms with Crippen LogP contribution in [-0.2, 0) is 4.79 Å². The Morgan fingerprint density at radius 3 is 2.22 bits per heavy atom. The molecule has 4 rings (SSSR count). The van der Waals surface area contributed by atoms with Crippen LogP contribution in [0.1, 0.15) is 28.8 Å². The highest BCUT2D eigenvalue weighted by atomic mass is 32.2. The van der Waals surface area contributed by atoms with Gasteiger partial charge < -0.3 is 24.6 Å². The molecular formula is C28H27NO6S. The summed E-state index contributed by atoms with van der Waals surface area (Å²) in [5.41, 5.74) is 3.47. The van der Waals surface area contributed by atoms with Crippen LogP contribution in [-0.4, -0.2) is 43.6 Å². The van der Waals surface area contributed by atoms with Gasteiger partial charge in [-0.3, -0.25) is 9.59 Å². The number of hydrogen-bond donors (Lipinski definition) is 2. The molecule has 0 radical (unpaired) electrons. The molecule has 1 aliphatic heterocycles. The summed E-state index contributed by atoms with van der Waals surface area (Å²) in [4.78, 5) is 25.6. The predicted octanol–water partition coefficient (Wildman–Crippen LogP) is 5.95. The lowest BCUT2D eigenvalue weighted by atomic mass is 9.98. The maximum absolute atomic E-state index is 13.5. The van der Waals surface area contributed by atoms with Crippen LogP contribution in [0.2, 0.25) is 0 Å². The van der Waals surface area contributed by atoms with Gasteiger partial charge in [0, 0.05) is 27.0 Å². The second-order valence-corrected chi connectivity index (χ2v) is 9.44. The van der Waals surface area contributed by atoms with Gasteiger partial charge in [0.25, 0.3) is 5.91 Å². The quantitative estimate of drug-likeness (QED) is 0.371. The molecule has 0 fully saturated rings. The van der Waals surface area contributed by atoms with Gasteiger partial charge >= 0.3 is 5.97 Å². The lowest BCUT2D eigenvalue weighted by Gasteiger charge is -2.17. The molecule has 8 heteroatoms. The fraction of sp³-hybridized carbons (Fsp3) is 0.214. The third-order valence-electron chi connectivity index (χ3n) is 5.85. The van der Waals surface area contributed by atoms with Crippen LogP contribution >= 0.6 is 11.8 Å². The summed E-state index contributed by atoms with van der Waals surface area (Å²) in [5.74, 6) is 0.384. The number of ether oxygens (including phenoxy) is 3. The van der Waals surface area contributed by atoms with Gasteiger partial charge in [-0.25, -0.2) is 0 Å². The Balaban J connectivity index is 1.65. The molecule has 36 heavy (non-hydrogen) atoms. The number of para-hydroxylation sites is 1. The molecule has 7 nitrogen and oxygen atoms in total. The van der Waals surface area contributed by atoms with Gasteiger partial charge in [0.15, 0.2) is 11.5 Å². The summed E-state index contributed by atoms with van der Waals surface area (Å²) in [6.45, 7) is 0. The number of nitrogens with one attached hydrogen (secondary N) is 1. The molecule has 3 aromatic carbocycles. The summed E-state index contributed by atoms with van der Waals surface area (Å²) in [6, 6.07) is 18.5. The van der Waals surface area contributed by atoms with E-state index in [1.165, 1.54) is 11.8 Å². The van der Waals surface area contributed by atoms with Crippen molar-refractivity contribution in [3.8, 4) is 28.4 Å². The normalized spacial score (nSPS) is 14.6. The molecule has 3 aromatic rings. The number of rotatable bonds is 9. The van der Waals surface area contributed by atoms with E-state index in [4.69, 9.17) is 19.3 Å². The van der Waals surface area contributed by atoms with Crippen molar-refractivity contribution in [3.63, 3.8) is 0 Å². The Labute approximate surface area is 214 Å². The van der Waals surface area contributed by atoms with Gasteiger partial charge in [-0.2, -0.15) is 0 Å². The van der Waals surface area contributed by atoms with E-state index in [-0.39, 0.29) is 17.6 Å². The third-order valence-corrected chi connectivity index (χ3v) is 7.18. The van der Waals surface area contributed by atoms with Crippen LogP contribution in [0.5, 0.6) is 17.2 Å². The molecule has 1 amide bonds. The van der Waals surface area contributed by atoms with Crippen LogP contribution in [0.15, 0.2) is 66.7 Å². The molecule has 186 valence electrons. The second kappa shape index (κ2) is 11.2. The number of hydrogen-bond acceptors (Lipinski definition) is 6. The Hall–Kier alpha value is -3.91. The van der Waals surface area contributed by atoms with Crippen molar-refractivity contribution in [2.75, 3.05) is 26.6 Å². The Bertz CT molecular complexity index is 1290. The van der Waals surface area contributed by atoms with E-state index < -0.39 is 5.97 Å². The first-order valence-electron chi connectivity index (χ1n) is 11.3. The minimum atomic E-state index is -0.813. The number of aliphatic carboxylic acids is 1. The average Bonchev–Trinajstić information content (AvgIpc) is 3.35. The Morgan fingerprint density at radius 2 is 1.58 bits per heavy atom. The molecular weight excluding hydrogens is 478 g/mol. The van der Waals surface area contributed by atoms with E-state index in [0.29, 0.717) is 40.5 Å². The number of methoxy groups -OCH3 is 3. The van der Waals surface area contributed by atoms with Crippen LogP contribution in [0.3, 0.4) is 0 Å². The number of benzene rings is 3. The number of allylic oxidation sites excluding steroid dienone is 1. The van der Waals surface area contributed by atoms with Gasteiger partial charge in [-0.1, -0.05) is 42.5 Å². The highest BCUT2D eigenvalue weighted by Crippen LogP contribution is 2.44. The van der Waals surface area contributed by atoms with Crippen molar-refractivity contribution in [3.05, 3.63) is 77.9 Å². The Morgan fingerprint density at radius 1 is 0.944 bits per heavy atom. The number of carbonyl (C=O) groups excluding carboxylic acids is 1. The lowest BCUT2D eigenvalue weighted by molar-refractivity contribution is -0.136. The minimum Gasteiger partial charge on any atom is -0.493 e. The second-order valence-electron chi connectivity index (χ2n) is 8.10. The molecule has 0 spiro atoms. The zero-order chi connectivity index (χ0) is 25.7. The van der Waals surface area contributed by atoms with Crippen LogP contribution in [0.4, 0.5) is 5.69 Å². The van der Waals surface area contributed by atoms with E-state index >= 15 is 0 Å². The van der Waals surface area contributed by atoms with E-state index in [0.717, 1.165) is 16.0 Å². The number of thioether (sulfide) groups is 1. The summed E-state index contributed by atoms with van der Waals surface area (Å²) in [7, 11) is 4.64. The van der Waals surface area contributed by atoms with Gasteiger partial charge in [0.1, 0.15) is 0 Å². The summed E-state index contributed by atoms with van der Waals surface area (Å²) < 4.78 is 16.4. The van der Waals surface area contributed by atoms with Crippen molar-refractivity contribution in [2.24, 2.45) is 0 Å². The van der Waals surface area contributed by atoms with Crippen molar-refractivity contribution in [1.82, 2.24) is 0 Å². The van der Waals surface area contributed by atoms with Crippen LogP contribution in [0.25, 0.3) is 16.0 Å². The minimum absolute atomic E-state index is 0.0120. The molecule has 0 saturated heterocycles. The smallest absolute Gasteiger partial charge is 0.304 e. The van der Waals surface area contributed by atoms with Crippen LogP contribution < -0.4 is 19.5 Å². The topological polar surface area (TPSA) is 94.1 Å². The molecule has 0 saturated carbocycles. The fourth-order valence-electron chi connectivity index (χ4n) is 4.17. The first-order valence-corrected chi connectivity index (χ1v) is 12.2. The number of carboxylic acids is 1. The van der Waals surface area contributed by atoms with Gasteiger partial charge in [0.2, 0.25) is 5.75 Å². The van der Waals surface area contributed by atoms with E-state index in [1.807, 2.05) is 60.7 Å². The average molecular weight is 506 g/mol. The van der Waals surface area contributed by atoms with Crippen molar-refractivity contribution in [2.45, 2.75) is 18.1 Å². The highest BCUT2D eigenvalue weighted by molar-refractivity contribution is 8.09. The van der Waals surface area contributed by atoms with Gasteiger partial charge in [-0.15, -0.1) is 11.8 Å². The number of carboxylic acid groups (broad SMARTS) is 1.